The van der Waals surface area contributed by atoms with Crippen molar-refractivity contribution < 1.29 is 9.53 Å². The van der Waals surface area contributed by atoms with Crippen LogP contribution in [0.4, 0.5) is 0 Å². The number of hydrogen-bond donors (Lipinski definition) is 0. The van der Waals surface area contributed by atoms with Crippen molar-refractivity contribution in [1.82, 2.24) is 9.88 Å². The first-order valence-electron chi connectivity index (χ1n) is 6.08. The third-order valence-electron chi connectivity index (χ3n) is 2.84. The van der Waals surface area contributed by atoms with Crippen LogP contribution in [0.25, 0.3) is 0 Å². The van der Waals surface area contributed by atoms with Crippen molar-refractivity contribution in [2.24, 2.45) is 0 Å². The highest BCUT2D eigenvalue weighted by molar-refractivity contribution is 5.71. The monoisotopic (exact) mass is 234 g/mol. The molecule has 2 rings (SSSR count). The van der Waals surface area contributed by atoms with Crippen LogP contribution >= 0.6 is 0 Å². The van der Waals surface area contributed by atoms with E-state index in [4.69, 9.17) is 4.74 Å². The zero-order chi connectivity index (χ0) is 12.1. The van der Waals surface area contributed by atoms with E-state index in [0.717, 1.165) is 6.54 Å². The summed E-state index contributed by atoms with van der Waals surface area (Å²) in [6, 6.07) is 4.52. The largest absolute Gasteiger partial charge is 0.465 e. The van der Waals surface area contributed by atoms with Crippen LogP contribution in [0.5, 0.6) is 0 Å². The van der Waals surface area contributed by atoms with E-state index >= 15 is 0 Å². The van der Waals surface area contributed by atoms with E-state index in [9.17, 15) is 4.79 Å². The SMILES string of the molecule is CCOC(=O)CN(Cc1ccncc1)C1CC1. The van der Waals surface area contributed by atoms with E-state index < -0.39 is 0 Å². The van der Waals surface area contributed by atoms with Gasteiger partial charge in [0.1, 0.15) is 0 Å². The molecule has 0 N–H and O–H groups in total. The second-order valence-corrected chi connectivity index (χ2v) is 4.30. The summed E-state index contributed by atoms with van der Waals surface area (Å²) >= 11 is 0. The molecule has 0 aromatic carbocycles. The first-order chi connectivity index (χ1) is 8.29. The standard InChI is InChI=1S/C13H18N2O2/c1-2-17-13(16)10-15(12-3-4-12)9-11-5-7-14-8-6-11/h5-8,12H,2-4,9-10H2,1H3. The lowest BCUT2D eigenvalue weighted by Gasteiger charge is -2.20. The van der Waals surface area contributed by atoms with E-state index in [0.29, 0.717) is 19.2 Å². The maximum absolute atomic E-state index is 11.5. The molecule has 1 aliphatic carbocycles. The Balaban J connectivity index is 1.91. The van der Waals surface area contributed by atoms with Crippen LogP contribution in [0, 0.1) is 0 Å². The van der Waals surface area contributed by atoms with Gasteiger partial charge in [-0.25, -0.2) is 0 Å². The third kappa shape index (κ3) is 3.82. The molecule has 17 heavy (non-hydrogen) atoms. The number of aromatic nitrogens is 1. The molecule has 0 aliphatic heterocycles. The molecule has 0 unspecified atom stereocenters. The van der Waals surface area contributed by atoms with Gasteiger partial charge in [0.25, 0.3) is 0 Å². The zero-order valence-corrected chi connectivity index (χ0v) is 10.1. The Labute approximate surface area is 102 Å². The first kappa shape index (κ1) is 12.0. The Morgan fingerprint density at radius 2 is 2.18 bits per heavy atom. The Hall–Kier alpha value is -1.42. The van der Waals surface area contributed by atoms with Gasteiger partial charge in [-0.15, -0.1) is 0 Å². The van der Waals surface area contributed by atoms with Crippen LogP contribution in [0.15, 0.2) is 24.5 Å². The number of pyridine rings is 1. The molecule has 1 saturated carbocycles. The fourth-order valence-corrected chi connectivity index (χ4v) is 1.85. The molecule has 0 spiro atoms. The smallest absolute Gasteiger partial charge is 0.320 e. The summed E-state index contributed by atoms with van der Waals surface area (Å²) in [5, 5.41) is 0. The van der Waals surface area contributed by atoms with Crippen LogP contribution in [0.3, 0.4) is 0 Å². The number of rotatable bonds is 6. The molecule has 4 nitrogen and oxygen atoms in total. The molecule has 1 aliphatic rings. The van der Waals surface area contributed by atoms with Gasteiger partial charge in [0.15, 0.2) is 0 Å². The summed E-state index contributed by atoms with van der Waals surface area (Å²) in [5.41, 5.74) is 1.19. The van der Waals surface area contributed by atoms with E-state index in [2.05, 4.69) is 9.88 Å². The normalized spacial score (nSPS) is 14.9. The minimum atomic E-state index is -0.131. The number of hydrogen-bond acceptors (Lipinski definition) is 4. The molecular weight excluding hydrogens is 216 g/mol. The fraction of sp³-hybridized carbons (Fsp3) is 0.538. The second-order valence-electron chi connectivity index (χ2n) is 4.30. The van der Waals surface area contributed by atoms with Gasteiger partial charge in [0.2, 0.25) is 0 Å². The quantitative estimate of drug-likeness (QED) is 0.701. The van der Waals surface area contributed by atoms with Crippen molar-refractivity contribution in [3.05, 3.63) is 30.1 Å². The lowest BCUT2D eigenvalue weighted by molar-refractivity contribution is -0.144. The minimum absolute atomic E-state index is 0.131. The van der Waals surface area contributed by atoms with Crippen molar-refractivity contribution >= 4 is 5.97 Å². The molecule has 0 amide bonds. The first-order valence-corrected chi connectivity index (χ1v) is 6.08. The third-order valence-corrected chi connectivity index (χ3v) is 2.84. The molecule has 0 atom stereocenters. The highest BCUT2D eigenvalue weighted by atomic mass is 16.5. The highest BCUT2D eigenvalue weighted by Gasteiger charge is 2.30. The lowest BCUT2D eigenvalue weighted by Crippen LogP contribution is -2.32. The maximum Gasteiger partial charge on any atom is 0.320 e. The van der Waals surface area contributed by atoms with E-state index in [-0.39, 0.29) is 5.97 Å². The van der Waals surface area contributed by atoms with Crippen LogP contribution in [0.1, 0.15) is 25.3 Å². The van der Waals surface area contributed by atoms with Gasteiger partial charge in [-0.3, -0.25) is 14.7 Å². The highest BCUT2D eigenvalue weighted by Crippen LogP contribution is 2.28. The predicted molar refractivity (Wildman–Crippen MR) is 64.3 cm³/mol. The Morgan fingerprint density at radius 3 is 2.76 bits per heavy atom. The average molecular weight is 234 g/mol. The van der Waals surface area contributed by atoms with Gasteiger partial charge in [-0.05, 0) is 37.5 Å². The summed E-state index contributed by atoms with van der Waals surface area (Å²) in [5.74, 6) is -0.131. The molecule has 1 heterocycles. The average Bonchev–Trinajstić information content (AvgIpc) is 3.14. The van der Waals surface area contributed by atoms with E-state index in [1.165, 1.54) is 18.4 Å². The van der Waals surface area contributed by atoms with Crippen molar-refractivity contribution in [2.45, 2.75) is 32.4 Å². The summed E-state index contributed by atoms with van der Waals surface area (Å²) < 4.78 is 5.00. The molecule has 92 valence electrons. The van der Waals surface area contributed by atoms with Crippen LogP contribution < -0.4 is 0 Å². The number of carbonyl (C=O) groups excluding carboxylic acids is 1. The predicted octanol–water partition coefficient (Wildman–Crippen LogP) is 1.61. The molecule has 0 radical (unpaired) electrons. The molecular formula is C13H18N2O2. The summed E-state index contributed by atoms with van der Waals surface area (Å²) in [4.78, 5) is 17.7. The second kappa shape index (κ2) is 5.77. The van der Waals surface area contributed by atoms with Crippen molar-refractivity contribution in [3.63, 3.8) is 0 Å². The fourth-order valence-electron chi connectivity index (χ4n) is 1.85. The van der Waals surface area contributed by atoms with Crippen molar-refractivity contribution in [1.29, 1.82) is 0 Å². The van der Waals surface area contributed by atoms with Crippen molar-refractivity contribution in [3.8, 4) is 0 Å². The number of esters is 1. The molecule has 4 heteroatoms. The molecule has 1 fully saturated rings. The minimum Gasteiger partial charge on any atom is -0.465 e. The van der Waals surface area contributed by atoms with Gasteiger partial charge in [0, 0.05) is 25.0 Å². The Kier molecular flexibility index (Phi) is 4.09. The van der Waals surface area contributed by atoms with Gasteiger partial charge in [0.05, 0.1) is 13.2 Å². The lowest BCUT2D eigenvalue weighted by atomic mass is 10.2. The Morgan fingerprint density at radius 1 is 1.47 bits per heavy atom. The molecule has 1 aromatic rings. The van der Waals surface area contributed by atoms with Gasteiger partial charge < -0.3 is 4.74 Å². The Bertz CT molecular complexity index is 363. The number of nitrogens with zero attached hydrogens (tertiary/aromatic N) is 2. The molecule has 0 saturated heterocycles. The molecule has 0 bridgehead atoms. The summed E-state index contributed by atoms with van der Waals surface area (Å²) in [6.07, 6.45) is 5.94. The van der Waals surface area contributed by atoms with Crippen molar-refractivity contribution in [2.75, 3.05) is 13.2 Å². The van der Waals surface area contributed by atoms with Crippen LogP contribution in [0.2, 0.25) is 0 Å². The number of ether oxygens (including phenoxy) is 1. The summed E-state index contributed by atoms with van der Waals surface area (Å²) in [6.45, 7) is 3.47. The number of carbonyl (C=O) groups is 1. The molecule has 1 aromatic heterocycles. The topological polar surface area (TPSA) is 42.4 Å². The van der Waals surface area contributed by atoms with E-state index in [1.54, 1.807) is 12.4 Å². The van der Waals surface area contributed by atoms with Gasteiger partial charge in [-0.2, -0.15) is 0 Å². The maximum atomic E-state index is 11.5. The van der Waals surface area contributed by atoms with Crippen LogP contribution in [-0.4, -0.2) is 35.0 Å². The van der Waals surface area contributed by atoms with E-state index in [1.807, 2.05) is 19.1 Å². The zero-order valence-electron chi connectivity index (χ0n) is 10.1. The van der Waals surface area contributed by atoms with Crippen LogP contribution in [-0.2, 0) is 16.1 Å². The van der Waals surface area contributed by atoms with Gasteiger partial charge >= 0.3 is 5.97 Å². The van der Waals surface area contributed by atoms with Gasteiger partial charge in [-0.1, -0.05) is 0 Å². The summed E-state index contributed by atoms with van der Waals surface area (Å²) in [7, 11) is 0.